The van der Waals surface area contributed by atoms with Gasteiger partial charge in [-0.05, 0) is 90.3 Å². The summed E-state index contributed by atoms with van der Waals surface area (Å²) in [6.45, 7) is 4.72. The molecule has 1 aliphatic carbocycles. The SMILES string of the molecule is CC1(C)c2cc(-c3ccc(-c4nc(-c5ccccc5)cc(-c5ccc(-c6cccnc6)cc5)n4)c4ccccc34)ccc2-c2c1ccc1ccccc21. The molecule has 0 saturated heterocycles. The molecule has 3 nitrogen and oxygen atoms in total. The third-order valence-electron chi connectivity index (χ3n) is 11.0. The monoisotopic (exact) mass is 677 g/mol. The maximum Gasteiger partial charge on any atom is 0.161 e. The number of nitrogens with zero attached hydrogens (tertiary/aromatic N) is 3. The van der Waals surface area contributed by atoms with Gasteiger partial charge in [0.2, 0.25) is 0 Å². The van der Waals surface area contributed by atoms with E-state index in [0.29, 0.717) is 5.82 Å². The molecule has 1 aliphatic rings. The zero-order valence-electron chi connectivity index (χ0n) is 29.6. The van der Waals surface area contributed by atoms with Gasteiger partial charge in [-0.2, -0.15) is 0 Å². The second-order valence-corrected chi connectivity index (χ2v) is 14.4. The molecule has 0 unspecified atom stereocenters. The molecule has 250 valence electrons. The first-order valence-electron chi connectivity index (χ1n) is 18.2. The average molecular weight is 678 g/mol. The third kappa shape index (κ3) is 5.16. The van der Waals surface area contributed by atoms with Crippen molar-refractivity contribution in [3.05, 3.63) is 187 Å². The second-order valence-electron chi connectivity index (χ2n) is 14.4. The molecule has 0 saturated carbocycles. The molecular formula is C50H35N3. The van der Waals surface area contributed by atoms with Crippen molar-refractivity contribution in [1.29, 1.82) is 0 Å². The van der Waals surface area contributed by atoms with Crippen molar-refractivity contribution in [2.75, 3.05) is 0 Å². The Morgan fingerprint density at radius 1 is 0.415 bits per heavy atom. The zero-order chi connectivity index (χ0) is 35.5. The summed E-state index contributed by atoms with van der Waals surface area (Å²) in [5.74, 6) is 0.706. The van der Waals surface area contributed by atoms with Gasteiger partial charge in [0.25, 0.3) is 0 Å². The van der Waals surface area contributed by atoms with E-state index in [1.54, 1.807) is 6.20 Å². The van der Waals surface area contributed by atoms with Crippen LogP contribution in [0.4, 0.5) is 0 Å². The molecule has 0 aliphatic heterocycles. The number of rotatable bonds is 5. The van der Waals surface area contributed by atoms with Gasteiger partial charge in [-0.1, -0.05) is 153 Å². The van der Waals surface area contributed by atoms with Crippen LogP contribution < -0.4 is 0 Å². The van der Waals surface area contributed by atoms with Crippen molar-refractivity contribution in [1.82, 2.24) is 15.0 Å². The predicted octanol–water partition coefficient (Wildman–Crippen LogP) is 12.8. The number of hydrogen-bond acceptors (Lipinski definition) is 3. The number of fused-ring (bicyclic) bond motifs is 6. The quantitative estimate of drug-likeness (QED) is 0.182. The average Bonchev–Trinajstić information content (AvgIpc) is 3.46. The van der Waals surface area contributed by atoms with E-state index in [0.717, 1.165) is 44.6 Å². The Morgan fingerprint density at radius 3 is 1.77 bits per heavy atom. The van der Waals surface area contributed by atoms with Crippen LogP contribution in [-0.4, -0.2) is 15.0 Å². The maximum absolute atomic E-state index is 5.24. The molecule has 3 heteroatoms. The fraction of sp³-hybridized carbons (Fsp3) is 0.0600. The first-order valence-corrected chi connectivity index (χ1v) is 18.2. The van der Waals surface area contributed by atoms with E-state index < -0.39 is 0 Å². The van der Waals surface area contributed by atoms with Gasteiger partial charge in [0.1, 0.15) is 0 Å². The van der Waals surface area contributed by atoms with Gasteiger partial charge in [0, 0.05) is 34.5 Å². The zero-order valence-corrected chi connectivity index (χ0v) is 29.6. The summed E-state index contributed by atoms with van der Waals surface area (Å²) in [6, 6.07) is 58.6. The maximum atomic E-state index is 5.24. The van der Waals surface area contributed by atoms with Gasteiger partial charge in [0.05, 0.1) is 11.4 Å². The topological polar surface area (TPSA) is 38.7 Å². The molecular weight excluding hydrogens is 643 g/mol. The number of pyridine rings is 1. The number of aromatic nitrogens is 3. The predicted molar refractivity (Wildman–Crippen MR) is 220 cm³/mol. The highest BCUT2D eigenvalue weighted by Gasteiger charge is 2.36. The third-order valence-corrected chi connectivity index (χ3v) is 11.0. The van der Waals surface area contributed by atoms with Crippen molar-refractivity contribution < 1.29 is 0 Å². The summed E-state index contributed by atoms with van der Waals surface area (Å²) in [5.41, 5.74) is 14.8. The lowest BCUT2D eigenvalue weighted by molar-refractivity contribution is 0.661. The summed E-state index contributed by atoms with van der Waals surface area (Å²) in [4.78, 5) is 14.8. The van der Waals surface area contributed by atoms with Gasteiger partial charge in [-0.15, -0.1) is 0 Å². The molecule has 0 fully saturated rings. The second kappa shape index (κ2) is 12.2. The molecule has 10 rings (SSSR count). The molecule has 53 heavy (non-hydrogen) atoms. The van der Waals surface area contributed by atoms with E-state index in [1.165, 1.54) is 49.5 Å². The highest BCUT2D eigenvalue weighted by molar-refractivity contribution is 6.06. The summed E-state index contributed by atoms with van der Waals surface area (Å²) in [6.07, 6.45) is 3.69. The van der Waals surface area contributed by atoms with Gasteiger partial charge in [-0.25, -0.2) is 9.97 Å². The van der Waals surface area contributed by atoms with Crippen LogP contribution in [0.3, 0.4) is 0 Å². The first kappa shape index (κ1) is 31.1. The number of benzene rings is 7. The lowest BCUT2D eigenvalue weighted by Gasteiger charge is -2.22. The standard InChI is InChI=1S/C50H35N3/c1-50(2)44-27-23-33-11-6-7-15-39(33)48(44)43-24-22-36(29-45(43)50)38-25-26-42(41-17-9-8-16-40(38)41)49-52-46(34-12-4-3-5-13-34)30-47(53-49)35-20-18-32(19-21-35)37-14-10-28-51-31-37/h3-31H,1-2H3. The molecule has 7 aromatic carbocycles. The Hall–Kier alpha value is -6.71. The minimum Gasteiger partial charge on any atom is -0.264 e. The molecule has 0 radical (unpaired) electrons. The Morgan fingerprint density at radius 2 is 1.02 bits per heavy atom. The first-order chi connectivity index (χ1) is 26.0. The van der Waals surface area contributed by atoms with Gasteiger partial charge in [-0.3, -0.25) is 4.98 Å². The summed E-state index contributed by atoms with van der Waals surface area (Å²) >= 11 is 0. The van der Waals surface area contributed by atoms with E-state index in [-0.39, 0.29) is 5.41 Å². The Bertz CT molecular complexity index is 2840. The molecule has 0 spiro atoms. The van der Waals surface area contributed by atoms with Crippen LogP contribution in [0.15, 0.2) is 176 Å². The molecule has 0 amide bonds. The van der Waals surface area contributed by atoms with Gasteiger partial charge in [0.15, 0.2) is 5.82 Å². The van der Waals surface area contributed by atoms with E-state index in [1.807, 2.05) is 18.3 Å². The van der Waals surface area contributed by atoms with Crippen LogP contribution in [0.1, 0.15) is 25.0 Å². The molecule has 2 aromatic heterocycles. The van der Waals surface area contributed by atoms with Crippen LogP contribution in [0.5, 0.6) is 0 Å². The molecule has 9 aromatic rings. The normalized spacial score (nSPS) is 12.9. The van der Waals surface area contributed by atoms with E-state index >= 15 is 0 Å². The van der Waals surface area contributed by atoms with E-state index in [2.05, 4.69) is 170 Å². The van der Waals surface area contributed by atoms with E-state index in [9.17, 15) is 0 Å². The Kier molecular flexibility index (Phi) is 7.16. The smallest absolute Gasteiger partial charge is 0.161 e. The minimum atomic E-state index is -0.112. The van der Waals surface area contributed by atoms with E-state index in [4.69, 9.17) is 9.97 Å². The fourth-order valence-electron chi connectivity index (χ4n) is 8.26. The Balaban J connectivity index is 1.10. The van der Waals surface area contributed by atoms with Crippen molar-refractivity contribution in [2.24, 2.45) is 0 Å². The van der Waals surface area contributed by atoms with Crippen LogP contribution in [0, 0.1) is 0 Å². The lowest BCUT2D eigenvalue weighted by Crippen LogP contribution is -2.15. The largest absolute Gasteiger partial charge is 0.264 e. The molecule has 0 bridgehead atoms. The molecule has 0 atom stereocenters. The number of hydrogen-bond donors (Lipinski definition) is 0. The van der Waals surface area contributed by atoms with Crippen molar-refractivity contribution in [2.45, 2.75) is 19.3 Å². The van der Waals surface area contributed by atoms with Crippen LogP contribution in [-0.2, 0) is 5.41 Å². The molecule has 0 N–H and O–H groups in total. The highest BCUT2D eigenvalue weighted by atomic mass is 14.9. The summed E-state index contributed by atoms with van der Waals surface area (Å²) < 4.78 is 0. The Labute approximate surface area is 309 Å². The van der Waals surface area contributed by atoms with Crippen LogP contribution >= 0.6 is 0 Å². The highest BCUT2D eigenvalue weighted by Crippen LogP contribution is 2.52. The van der Waals surface area contributed by atoms with Gasteiger partial charge >= 0.3 is 0 Å². The van der Waals surface area contributed by atoms with Gasteiger partial charge < -0.3 is 0 Å². The van der Waals surface area contributed by atoms with Crippen molar-refractivity contribution in [3.8, 4) is 67.3 Å². The minimum absolute atomic E-state index is 0.112. The van der Waals surface area contributed by atoms with Crippen LogP contribution in [0.25, 0.3) is 88.8 Å². The lowest BCUT2D eigenvalue weighted by atomic mass is 9.81. The summed E-state index contributed by atoms with van der Waals surface area (Å²) in [5, 5.41) is 4.91. The fourth-order valence-corrected chi connectivity index (χ4v) is 8.26. The van der Waals surface area contributed by atoms with Crippen molar-refractivity contribution in [3.63, 3.8) is 0 Å². The van der Waals surface area contributed by atoms with Crippen LogP contribution in [0.2, 0.25) is 0 Å². The summed E-state index contributed by atoms with van der Waals surface area (Å²) in [7, 11) is 0. The van der Waals surface area contributed by atoms with Crippen molar-refractivity contribution >= 4 is 21.5 Å². The molecule has 2 heterocycles.